The summed E-state index contributed by atoms with van der Waals surface area (Å²) in [6.07, 6.45) is 0.921. The zero-order chi connectivity index (χ0) is 20.5. The maximum Gasteiger partial charge on any atom is 0.251 e. The molecule has 0 bridgehead atoms. The standard InChI is InChI=1S/C21H33N5O2.HI/c1-5-22-19(27)17-9-7-16(8-10-17)13-24-21(23-6-2)25-18-11-12-26(14-18)20(28)15(3)4;/h7-10,15,18H,5-6,11-14H2,1-4H3,(H,22,27)(H2,23,24,25);1H. The van der Waals surface area contributed by atoms with Crippen molar-refractivity contribution in [1.29, 1.82) is 0 Å². The van der Waals surface area contributed by atoms with E-state index in [0.717, 1.165) is 31.0 Å². The maximum absolute atomic E-state index is 12.2. The molecular weight excluding hydrogens is 481 g/mol. The summed E-state index contributed by atoms with van der Waals surface area (Å²) in [6.45, 7) is 11.2. The van der Waals surface area contributed by atoms with Crippen molar-refractivity contribution in [1.82, 2.24) is 20.9 Å². The van der Waals surface area contributed by atoms with Crippen molar-refractivity contribution < 1.29 is 9.59 Å². The summed E-state index contributed by atoms with van der Waals surface area (Å²) in [6, 6.07) is 7.71. The summed E-state index contributed by atoms with van der Waals surface area (Å²) in [4.78, 5) is 30.6. The van der Waals surface area contributed by atoms with Crippen molar-refractivity contribution in [2.45, 2.75) is 46.7 Å². The minimum absolute atomic E-state index is 0. The third kappa shape index (κ3) is 7.83. The Kier molecular flexibility index (Phi) is 11.0. The van der Waals surface area contributed by atoms with Crippen LogP contribution in [0, 0.1) is 5.92 Å². The highest BCUT2D eigenvalue weighted by Crippen LogP contribution is 2.13. The van der Waals surface area contributed by atoms with Crippen LogP contribution in [-0.4, -0.2) is 54.9 Å². The molecule has 0 saturated carbocycles. The van der Waals surface area contributed by atoms with Gasteiger partial charge < -0.3 is 20.9 Å². The van der Waals surface area contributed by atoms with Gasteiger partial charge >= 0.3 is 0 Å². The van der Waals surface area contributed by atoms with Crippen LogP contribution in [0.4, 0.5) is 0 Å². The van der Waals surface area contributed by atoms with Crippen LogP contribution in [0.5, 0.6) is 0 Å². The van der Waals surface area contributed by atoms with Gasteiger partial charge in [-0.05, 0) is 38.0 Å². The van der Waals surface area contributed by atoms with E-state index in [0.29, 0.717) is 25.2 Å². The van der Waals surface area contributed by atoms with E-state index in [1.807, 2.05) is 56.9 Å². The van der Waals surface area contributed by atoms with E-state index in [-0.39, 0.29) is 47.8 Å². The average molecular weight is 515 g/mol. The first-order valence-corrected chi connectivity index (χ1v) is 10.1. The number of amides is 2. The summed E-state index contributed by atoms with van der Waals surface area (Å²) in [5.74, 6) is 0.926. The first-order chi connectivity index (χ1) is 13.4. The number of guanidine groups is 1. The predicted molar refractivity (Wildman–Crippen MR) is 128 cm³/mol. The van der Waals surface area contributed by atoms with Gasteiger partial charge in [0.25, 0.3) is 5.91 Å². The molecule has 1 heterocycles. The summed E-state index contributed by atoms with van der Waals surface area (Å²) in [5, 5.41) is 9.49. The summed E-state index contributed by atoms with van der Waals surface area (Å²) < 4.78 is 0. The Morgan fingerprint density at radius 2 is 1.79 bits per heavy atom. The molecule has 0 aromatic heterocycles. The van der Waals surface area contributed by atoms with Crippen LogP contribution in [0.2, 0.25) is 0 Å². The molecule has 0 aliphatic carbocycles. The molecule has 1 aromatic carbocycles. The molecule has 1 aromatic rings. The van der Waals surface area contributed by atoms with Crippen molar-refractivity contribution in [3.63, 3.8) is 0 Å². The van der Waals surface area contributed by atoms with Gasteiger partial charge in [0.2, 0.25) is 5.91 Å². The van der Waals surface area contributed by atoms with Gasteiger partial charge in [0.05, 0.1) is 6.54 Å². The van der Waals surface area contributed by atoms with E-state index in [1.54, 1.807) is 0 Å². The van der Waals surface area contributed by atoms with E-state index < -0.39 is 0 Å². The number of aliphatic imine (C=N–C) groups is 1. The molecule has 2 amide bonds. The van der Waals surface area contributed by atoms with Gasteiger partial charge in [0.15, 0.2) is 5.96 Å². The highest BCUT2D eigenvalue weighted by molar-refractivity contribution is 14.0. The number of carbonyl (C=O) groups excluding carboxylic acids is 2. The third-order valence-electron chi connectivity index (χ3n) is 4.65. The van der Waals surface area contributed by atoms with Crippen molar-refractivity contribution in [3.05, 3.63) is 35.4 Å². The number of benzene rings is 1. The number of nitrogens with one attached hydrogen (secondary N) is 3. The third-order valence-corrected chi connectivity index (χ3v) is 4.65. The van der Waals surface area contributed by atoms with Gasteiger partial charge in [0.1, 0.15) is 0 Å². The Morgan fingerprint density at radius 3 is 2.38 bits per heavy atom. The normalized spacial score (nSPS) is 16.4. The number of halogens is 1. The topological polar surface area (TPSA) is 85.8 Å². The Labute approximate surface area is 191 Å². The average Bonchev–Trinajstić information content (AvgIpc) is 3.14. The lowest BCUT2D eigenvalue weighted by atomic mass is 10.1. The summed E-state index contributed by atoms with van der Waals surface area (Å²) >= 11 is 0. The molecule has 29 heavy (non-hydrogen) atoms. The smallest absolute Gasteiger partial charge is 0.251 e. The highest BCUT2D eigenvalue weighted by atomic mass is 127. The molecule has 1 unspecified atom stereocenters. The van der Waals surface area contributed by atoms with Crippen LogP contribution in [0.25, 0.3) is 0 Å². The van der Waals surface area contributed by atoms with Gasteiger partial charge in [-0.2, -0.15) is 0 Å². The van der Waals surface area contributed by atoms with Crippen LogP contribution >= 0.6 is 24.0 Å². The number of hydrogen-bond acceptors (Lipinski definition) is 3. The molecular formula is C21H34IN5O2. The van der Waals surface area contributed by atoms with E-state index >= 15 is 0 Å². The molecule has 0 radical (unpaired) electrons. The number of hydrogen-bond donors (Lipinski definition) is 3. The molecule has 2 rings (SSSR count). The zero-order valence-electron chi connectivity index (χ0n) is 17.8. The fraction of sp³-hybridized carbons (Fsp3) is 0.571. The van der Waals surface area contributed by atoms with Crippen molar-refractivity contribution >= 4 is 41.8 Å². The van der Waals surface area contributed by atoms with Crippen LogP contribution in [-0.2, 0) is 11.3 Å². The van der Waals surface area contributed by atoms with Gasteiger partial charge in [-0.3, -0.25) is 9.59 Å². The second-order valence-corrected chi connectivity index (χ2v) is 7.32. The lowest BCUT2D eigenvalue weighted by Crippen LogP contribution is -2.45. The molecule has 1 aliphatic rings. The summed E-state index contributed by atoms with van der Waals surface area (Å²) in [5.41, 5.74) is 1.69. The molecule has 1 fully saturated rings. The van der Waals surface area contributed by atoms with Crippen molar-refractivity contribution in [3.8, 4) is 0 Å². The molecule has 7 nitrogen and oxygen atoms in total. The zero-order valence-corrected chi connectivity index (χ0v) is 20.2. The van der Waals surface area contributed by atoms with Gasteiger partial charge in [0, 0.05) is 43.7 Å². The van der Waals surface area contributed by atoms with Crippen molar-refractivity contribution in [2.75, 3.05) is 26.2 Å². The summed E-state index contributed by atoms with van der Waals surface area (Å²) in [7, 11) is 0. The van der Waals surface area contributed by atoms with E-state index in [4.69, 9.17) is 0 Å². The maximum atomic E-state index is 12.2. The first kappa shape index (κ1) is 25.2. The minimum Gasteiger partial charge on any atom is -0.357 e. The Morgan fingerprint density at radius 1 is 1.14 bits per heavy atom. The van der Waals surface area contributed by atoms with Crippen LogP contribution in [0.15, 0.2) is 29.3 Å². The van der Waals surface area contributed by atoms with Gasteiger partial charge in [-0.15, -0.1) is 24.0 Å². The largest absolute Gasteiger partial charge is 0.357 e. The monoisotopic (exact) mass is 515 g/mol. The second kappa shape index (κ2) is 12.7. The van der Waals surface area contributed by atoms with E-state index in [9.17, 15) is 9.59 Å². The predicted octanol–water partition coefficient (Wildman–Crippen LogP) is 2.37. The second-order valence-electron chi connectivity index (χ2n) is 7.32. The number of rotatable bonds is 7. The molecule has 1 saturated heterocycles. The molecule has 162 valence electrons. The quantitative estimate of drug-likeness (QED) is 0.296. The van der Waals surface area contributed by atoms with Crippen LogP contribution in [0.3, 0.4) is 0 Å². The van der Waals surface area contributed by atoms with Crippen molar-refractivity contribution in [2.24, 2.45) is 10.9 Å². The molecule has 1 aliphatic heterocycles. The SMILES string of the molecule is CCNC(=O)c1ccc(CN=C(NCC)NC2CCN(C(=O)C(C)C)C2)cc1.I. The minimum atomic E-state index is -0.0608. The number of carbonyl (C=O) groups is 2. The Hall–Kier alpha value is -1.84. The molecule has 3 N–H and O–H groups in total. The van der Waals surface area contributed by atoms with Crippen LogP contribution < -0.4 is 16.0 Å². The first-order valence-electron chi connectivity index (χ1n) is 10.1. The molecule has 8 heteroatoms. The van der Waals surface area contributed by atoms with Gasteiger partial charge in [-0.25, -0.2) is 4.99 Å². The Bertz CT molecular complexity index is 691. The van der Waals surface area contributed by atoms with Gasteiger partial charge in [-0.1, -0.05) is 26.0 Å². The lowest BCUT2D eigenvalue weighted by molar-refractivity contribution is -0.133. The Balaban J connectivity index is 0.00000420. The fourth-order valence-corrected chi connectivity index (χ4v) is 3.15. The number of likely N-dealkylation sites (tertiary alicyclic amines) is 1. The lowest BCUT2D eigenvalue weighted by Gasteiger charge is -2.20. The molecule has 1 atom stereocenters. The van der Waals surface area contributed by atoms with E-state index in [1.165, 1.54) is 0 Å². The number of nitrogens with zero attached hydrogens (tertiary/aromatic N) is 2. The molecule has 0 spiro atoms. The fourth-order valence-electron chi connectivity index (χ4n) is 3.15. The van der Waals surface area contributed by atoms with E-state index in [2.05, 4.69) is 20.9 Å². The van der Waals surface area contributed by atoms with Crippen LogP contribution in [0.1, 0.15) is 50.0 Å². The highest BCUT2D eigenvalue weighted by Gasteiger charge is 2.27.